The number of aromatic hydroxyl groups is 1. The Morgan fingerprint density at radius 3 is 2.39 bits per heavy atom. The average Bonchev–Trinajstić information content (AvgIpc) is 2.78. The smallest absolute Gasteiger partial charge is 0.255 e. The number of allylic oxidation sites excluding steroid dienone is 1. The summed E-state index contributed by atoms with van der Waals surface area (Å²) in [5.41, 5.74) is 2.63. The third-order valence-electron chi connectivity index (χ3n) is 7.85. The minimum atomic E-state index is -2.66. The number of likely N-dealkylation sites (N-methyl/N-ethyl adjacent to an activating group) is 1. The summed E-state index contributed by atoms with van der Waals surface area (Å²) in [6.45, 7) is 5.41. The first-order chi connectivity index (χ1) is 17.6. The van der Waals surface area contributed by atoms with E-state index in [-0.39, 0.29) is 29.7 Å². The van der Waals surface area contributed by atoms with Crippen molar-refractivity contribution < 1.29 is 34.8 Å². The second kappa shape index (κ2) is 9.68. The first kappa shape index (κ1) is 28.1. The Bertz CT molecular complexity index is 1300. The number of halogens is 1. The van der Waals surface area contributed by atoms with Crippen molar-refractivity contribution in [2.24, 2.45) is 23.5 Å². The van der Waals surface area contributed by atoms with Crippen molar-refractivity contribution >= 4 is 29.1 Å². The maximum absolute atomic E-state index is 13.7. The molecule has 0 bridgehead atoms. The fourth-order valence-electron chi connectivity index (χ4n) is 6.45. The molecule has 6 N–H and O–H groups in total. The molecule has 0 saturated heterocycles. The number of ketones is 2. The van der Waals surface area contributed by atoms with E-state index in [1.54, 1.807) is 14.1 Å². The quantitative estimate of drug-likeness (QED) is 0.334. The van der Waals surface area contributed by atoms with Gasteiger partial charge < -0.3 is 31.1 Å². The second-order valence-electron chi connectivity index (χ2n) is 11.3. The highest BCUT2D eigenvalue weighted by Gasteiger charge is 2.63. The molecule has 4 atom stereocenters. The summed E-state index contributed by atoms with van der Waals surface area (Å²) in [4.78, 5) is 42.6. The zero-order chi connectivity index (χ0) is 28.4. The summed E-state index contributed by atoms with van der Waals surface area (Å²) < 4.78 is 0. The lowest BCUT2D eigenvalue weighted by molar-refractivity contribution is -0.148. The number of carbonyl (C=O) groups excluding carboxylic acids is 3. The number of benzene rings is 1. The van der Waals surface area contributed by atoms with E-state index in [4.69, 9.17) is 17.3 Å². The van der Waals surface area contributed by atoms with E-state index in [0.717, 1.165) is 6.54 Å². The van der Waals surface area contributed by atoms with Crippen molar-refractivity contribution in [3.05, 3.63) is 50.4 Å². The van der Waals surface area contributed by atoms with E-state index in [9.17, 15) is 34.8 Å². The van der Waals surface area contributed by atoms with Gasteiger partial charge in [-0.15, -0.1) is 0 Å². The average molecular weight is 548 g/mol. The molecule has 1 aromatic rings. The van der Waals surface area contributed by atoms with Crippen LogP contribution in [0, 0.1) is 17.8 Å². The lowest BCUT2D eigenvalue weighted by Gasteiger charge is -2.50. The van der Waals surface area contributed by atoms with E-state index < -0.39 is 58.0 Å². The van der Waals surface area contributed by atoms with Gasteiger partial charge in [-0.05, 0) is 63.0 Å². The van der Waals surface area contributed by atoms with Crippen LogP contribution in [0.15, 0.2) is 28.7 Å². The maximum atomic E-state index is 13.7. The molecule has 3 aliphatic rings. The summed E-state index contributed by atoms with van der Waals surface area (Å²) in [5.74, 6) is -6.43. The summed E-state index contributed by atoms with van der Waals surface area (Å²) in [6.07, 6.45) is 0.170. The number of hydrogen-bond acceptors (Lipinski definition) is 9. The van der Waals surface area contributed by atoms with Crippen molar-refractivity contribution in [1.29, 1.82) is 0 Å². The molecule has 1 aromatic carbocycles. The summed E-state index contributed by atoms with van der Waals surface area (Å²) in [6, 6.07) is 0.383. The number of amides is 1. The van der Waals surface area contributed by atoms with Gasteiger partial charge in [-0.1, -0.05) is 25.4 Å². The minimum absolute atomic E-state index is 0.0142. The van der Waals surface area contributed by atoms with E-state index in [0.29, 0.717) is 28.6 Å². The molecule has 0 spiro atoms. The molecule has 0 fully saturated rings. The van der Waals surface area contributed by atoms with Crippen LogP contribution in [-0.2, 0) is 22.6 Å². The van der Waals surface area contributed by atoms with Gasteiger partial charge in [-0.2, -0.15) is 0 Å². The van der Waals surface area contributed by atoms with Gasteiger partial charge in [0, 0.05) is 29.6 Å². The number of aliphatic hydroxyl groups excluding tert-OH is 2. The number of primary amides is 1. The molecule has 10 nitrogen and oxygen atoms in total. The van der Waals surface area contributed by atoms with Crippen LogP contribution >= 0.6 is 11.6 Å². The highest BCUT2D eigenvalue weighted by molar-refractivity contribution is 6.33. The first-order valence-corrected chi connectivity index (χ1v) is 12.9. The Hall–Kier alpha value is -2.92. The summed E-state index contributed by atoms with van der Waals surface area (Å²) in [5, 5.41) is 45.0. The molecule has 0 unspecified atom stereocenters. The van der Waals surface area contributed by atoms with E-state index >= 15 is 0 Å². The molecule has 206 valence electrons. The van der Waals surface area contributed by atoms with Gasteiger partial charge in [0.25, 0.3) is 5.91 Å². The number of rotatable bonds is 6. The Labute approximate surface area is 226 Å². The van der Waals surface area contributed by atoms with E-state index in [2.05, 4.69) is 18.7 Å². The van der Waals surface area contributed by atoms with Gasteiger partial charge in [0.1, 0.15) is 22.8 Å². The van der Waals surface area contributed by atoms with Crippen molar-refractivity contribution in [2.45, 2.75) is 44.9 Å². The largest absolute Gasteiger partial charge is 0.510 e. The van der Waals surface area contributed by atoms with Crippen LogP contribution in [0.25, 0.3) is 0 Å². The van der Waals surface area contributed by atoms with Gasteiger partial charge in [-0.3, -0.25) is 19.3 Å². The molecule has 0 aliphatic heterocycles. The van der Waals surface area contributed by atoms with E-state index in [1.807, 2.05) is 7.05 Å². The fraction of sp³-hybridized carbons (Fsp3) is 0.519. The Kier molecular flexibility index (Phi) is 7.15. The zero-order valence-electron chi connectivity index (χ0n) is 22.1. The number of nitrogens with two attached hydrogens (primary N) is 1. The predicted molar refractivity (Wildman–Crippen MR) is 140 cm³/mol. The third kappa shape index (κ3) is 4.10. The lowest BCUT2D eigenvalue weighted by Crippen LogP contribution is -2.63. The van der Waals surface area contributed by atoms with Crippen molar-refractivity contribution in [3.63, 3.8) is 0 Å². The van der Waals surface area contributed by atoms with E-state index in [1.165, 1.54) is 11.0 Å². The monoisotopic (exact) mass is 547 g/mol. The van der Waals surface area contributed by atoms with Gasteiger partial charge >= 0.3 is 0 Å². The minimum Gasteiger partial charge on any atom is -0.510 e. The van der Waals surface area contributed by atoms with Gasteiger partial charge in [0.15, 0.2) is 11.4 Å². The van der Waals surface area contributed by atoms with Gasteiger partial charge in [0.2, 0.25) is 5.78 Å². The van der Waals surface area contributed by atoms with Crippen molar-refractivity contribution in [3.8, 4) is 5.75 Å². The predicted octanol–water partition coefficient (Wildman–Crippen LogP) is 1.86. The topological polar surface area (TPSA) is 165 Å². The number of aliphatic hydroxyl groups is 3. The van der Waals surface area contributed by atoms with Crippen molar-refractivity contribution in [2.75, 3.05) is 27.7 Å². The second-order valence-corrected chi connectivity index (χ2v) is 11.7. The third-order valence-corrected chi connectivity index (χ3v) is 8.32. The number of Topliss-reactive ketones (excluding diaryl/α,β-unsaturated/α-hetero) is 2. The highest BCUT2D eigenvalue weighted by atomic mass is 35.5. The molecule has 0 radical (unpaired) electrons. The van der Waals surface area contributed by atoms with Crippen molar-refractivity contribution in [1.82, 2.24) is 9.80 Å². The number of carbonyl (C=O) groups is 3. The normalized spacial score (nSPS) is 27.3. The van der Waals surface area contributed by atoms with Crippen LogP contribution in [0.2, 0.25) is 5.02 Å². The molecule has 0 saturated carbocycles. The first-order valence-electron chi connectivity index (χ1n) is 12.5. The van der Waals surface area contributed by atoms with Crippen LogP contribution in [0.1, 0.15) is 41.8 Å². The molecule has 4 rings (SSSR count). The molecule has 11 heteroatoms. The molecule has 3 aliphatic carbocycles. The van der Waals surface area contributed by atoms with Crippen LogP contribution in [0.4, 0.5) is 0 Å². The van der Waals surface area contributed by atoms with Crippen LogP contribution in [-0.4, -0.2) is 87.0 Å². The van der Waals surface area contributed by atoms with Crippen LogP contribution < -0.4 is 5.73 Å². The molecular formula is C27H34ClN3O7. The molecule has 0 heterocycles. The standard InChI is InChI=1S/C27H34ClN3O7/c1-11(2)9-31(5)10-13-8-16(32)18-14(20(13)28)6-12-7-15-21(30(3)4)23(34)19(26(29)37)25(36)27(15,38)24(35)17(12)22(18)33/h8,11-12,15,21,32,34-35,38H,6-7,9-10H2,1-5H3,(H2,29,37)/t12-,15-,21-,27-/m0/s1. The molecule has 38 heavy (non-hydrogen) atoms. The van der Waals surface area contributed by atoms with Crippen LogP contribution in [0.5, 0.6) is 5.75 Å². The fourth-order valence-corrected chi connectivity index (χ4v) is 6.73. The molecule has 0 aromatic heterocycles. The van der Waals surface area contributed by atoms with Crippen LogP contribution in [0.3, 0.4) is 0 Å². The number of phenols is 1. The Morgan fingerprint density at radius 2 is 1.84 bits per heavy atom. The molecular weight excluding hydrogens is 514 g/mol. The van der Waals surface area contributed by atoms with Gasteiger partial charge in [-0.25, -0.2) is 0 Å². The SMILES string of the molecule is CC(C)CN(C)Cc1cc(O)c2c(c1Cl)C[C@H]1C[C@H]3[C@H](N(C)C)C(O)=C(C(N)=O)C(=O)[C@@]3(O)C(O)=C1C2=O. The van der Waals surface area contributed by atoms with Gasteiger partial charge in [0.05, 0.1) is 11.6 Å². The molecule has 1 amide bonds. The number of phenolic OH excluding ortho intramolecular Hbond substituents is 1. The Balaban J connectivity index is 1.86. The highest BCUT2D eigenvalue weighted by Crippen LogP contribution is 2.53. The lowest BCUT2D eigenvalue weighted by atomic mass is 9.58. The summed E-state index contributed by atoms with van der Waals surface area (Å²) >= 11 is 6.78. The zero-order valence-corrected chi connectivity index (χ0v) is 22.8. The number of fused-ring (bicyclic) bond motifs is 3. The number of nitrogens with zero attached hydrogens (tertiary/aromatic N) is 2. The summed E-state index contributed by atoms with van der Waals surface area (Å²) in [7, 11) is 5.10. The Morgan fingerprint density at radius 1 is 1.21 bits per heavy atom. The maximum Gasteiger partial charge on any atom is 0.255 e. The number of hydrogen-bond donors (Lipinski definition) is 5.